The van der Waals surface area contributed by atoms with E-state index < -0.39 is 0 Å². The van der Waals surface area contributed by atoms with Crippen LogP contribution in [0.25, 0.3) is 0 Å². The van der Waals surface area contributed by atoms with E-state index in [9.17, 15) is 0 Å². The maximum Gasteiger partial charge on any atom is 4.00 e. The maximum atomic E-state index is 4.93. The van der Waals surface area contributed by atoms with E-state index in [1.807, 2.05) is 26.0 Å². The van der Waals surface area contributed by atoms with E-state index in [2.05, 4.69) is 13.1 Å². The summed E-state index contributed by atoms with van der Waals surface area (Å²) in [6.07, 6.45) is 10.3. The fourth-order valence-electron chi connectivity index (χ4n) is 0.222. The van der Waals surface area contributed by atoms with Crippen molar-refractivity contribution < 1.29 is 51.0 Å². The van der Waals surface area contributed by atoms with Gasteiger partial charge in [-0.3, -0.25) is 13.2 Å². The Bertz CT molecular complexity index is 130. The fraction of sp³-hybridized carbons (Fsp3) is 0.333. The van der Waals surface area contributed by atoms with Crippen LogP contribution in [0.15, 0.2) is 36.5 Å². The Hall–Kier alpha value is 0.640. The molecule has 0 bridgehead atoms. The molecular formula is C12H21Cl2SiZr. The van der Waals surface area contributed by atoms with Crippen molar-refractivity contribution in [1.82, 2.24) is 0 Å². The quantitative estimate of drug-likeness (QED) is 0.295. The van der Waals surface area contributed by atoms with Gasteiger partial charge in [-0.15, -0.1) is 0 Å². The number of hydrogen-bond donors (Lipinski definition) is 0. The van der Waals surface area contributed by atoms with Gasteiger partial charge in [0.25, 0.3) is 0 Å². The van der Waals surface area contributed by atoms with Gasteiger partial charge in [-0.1, -0.05) is 26.9 Å². The summed E-state index contributed by atoms with van der Waals surface area (Å²) in [7, 11) is 0.750. The van der Waals surface area contributed by atoms with Crippen LogP contribution in [0, 0.1) is 13.2 Å². The summed E-state index contributed by atoms with van der Waals surface area (Å²) in [5.74, 6) is 0. The predicted octanol–water partition coefficient (Wildman–Crippen LogP) is -2.37. The third-order valence-electron chi connectivity index (χ3n) is 0.607. The Kier molecular flexibility index (Phi) is 129. The van der Waals surface area contributed by atoms with Crippen molar-refractivity contribution in [3.63, 3.8) is 0 Å². The Morgan fingerprint density at radius 3 is 1.00 bits per heavy atom. The van der Waals surface area contributed by atoms with Gasteiger partial charge in [-0.25, -0.2) is 24.3 Å². The van der Waals surface area contributed by atoms with E-state index in [0.717, 1.165) is 9.52 Å². The van der Waals surface area contributed by atoms with Crippen molar-refractivity contribution in [2.24, 2.45) is 0 Å². The minimum atomic E-state index is 0. The second-order valence-corrected chi connectivity index (χ2v) is 3.17. The average molecular weight is 356 g/mol. The Labute approximate surface area is 136 Å². The van der Waals surface area contributed by atoms with Crippen molar-refractivity contribution in [3.05, 3.63) is 49.6 Å². The van der Waals surface area contributed by atoms with Crippen LogP contribution in [0.4, 0.5) is 0 Å². The molecule has 0 aromatic heterocycles. The molecule has 91 valence electrons. The maximum absolute atomic E-state index is 4.93. The van der Waals surface area contributed by atoms with Gasteiger partial charge in [0.05, 0.1) is 0 Å². The zero-order chi connectivity index (χ0) is 10.9. The molecule has 0 saturated carbocycles. The molecule has 0 N–H and O–H groups in total. The molecule has 0 nitrogen and oxygen atoms in total. The third kappa shape index (κ3) is 127. The van der Waals surface area contributed by atoms with E-state index in [0.29, 0.717) is 0 Å². The van der Waals surface area contributed by atoms with Crippen LogP contribution in [0.5, 0.6) is 0 Å². The number of rotatable bonds is 2. The number of allylic oxidation sites excluding steroid dienone is 6. The van der Waals surface area contributed by atoms with Gasteiger partial charge in [0.15, 0.2) is 0 Å². The molecule has 0 aromatic rings. The molecule has 0 atom stereocenters. The van der Waals surface area contributed by atoms with Crippen LogP contribution in [-0.4, -0.2) is 9.52 Å². The summed E-state index contributed by atoms with van der Waals surface area (Å²) in [5.41, 5.74) is 0. The third-order valence-corrected chi connectivity index (χ3v) is 0.607. The van der Waals surface area contributed by atoms with Crippen LogP contribution >= 0.6 is 0 Å². The van der Waals surface area contributed by atoms with E-state index >= 15 is 0 Å². The van der Waals surface area contributed by atoms with Crippen molar-refractivity contribution >= 4 is 9.52 Å². The van der Waals surface area contributed by atoms with Crippen molar-refractivity contribution in [1.29, 1.82) is 0 Å². The van der Waals surface area contributed by atoms with Gasteiger partial charge < -0.3 is 24.8 Å². The first kappa shape index (κ1) is 36.0. The number of halogens is 2. The van der Waals surface area contributed by atoms with Crippen molar-refractivity contribution in [2.45, 2.75) is 26.9 Å². The summed E-state index contributed by atoms with van der Waals surface area (Å²) >= 11 is 0. The summed E-state index contributed by atoms with van der Waals surface area (Å²) < 4.78 is 0. The first-order valence-electron chi connectivity index (χ1n) is 4.31. The summed E-state index contributed by atoms with van der Waals surface area (Å²) in [6, 6.07) is 0. The fourth-order valence-corrected chi connectivity index (χ4v) is 0.222. The van der Waals surface area contributed by atoms with E-state index in [-0.39, 0.29) is 51.0 Å². The molecule has 0 spiro atoms. The van der Waals surface area contributed by atoms with Crippen LogP contribution in [-0.2, 0) is 26.2 Å². The molecule has 4 heteroatoms. The van der Waals surface area contributed by atoms with Crippen LogP contribution in [0.2, 0.25) is 13.1 Å². The number of hydrogen-bond acceptors (Lipinski definition) is 0. The molecule has 16 heavy (non-hydrogen) atoms. The molecule has 0 unspecified atom stereocenters. The molecule has 0 aliphatic heterocycles. The van der Waals surface area contributed by atoms with Gasteiger partial charge in [0.2, 0.25) is 0 Å². The SMILES string of the molecule is C[SiH]C.[CH-]=CC=CC.[CH-]=CC=CC.[Cl-].[Cl-].[Zr+4]. The molecule has 0 aliphatic rings. The van der Waals surface area contributed by atoms with Crippen LogP contribution in [0.1, 0.15) is 13.8 Å². The van der Waals surface area contributed by atoms with Crippen molar-refractivity contribution in [3.8, 4) is 0 Å². The van der Waals surface area contributed by atoms with Gasteiger partial charge in [-0.2, -0.15) is 12.2 Å². The summed E-state index contributed by atoms with van der Waals surface area (Å²) in [4.78, 5) is 0. The normalized spacial score (nSPS) is 6.75. The second kappa shape index (κ2) is 57.4. The van der Waals surface area contributed by atoms with E-state index in [4.69, 9.17) is 13.2 Å². The second-order valence-electron chi connectivity index (χ2n) is 2.01. The van der Waals surface area contributed by atoms with Crippen molar-refractivity contribution in [2.75, 3.05) is 0 Å². The first-order chi connectivity index (χ1) is 6.24. The van der Waals surface area contributed by atoms with Crippen LogP contribution < -0.4 is 24.8 Å². The van der Waals surface area contributed by atoms with E-state index in [1.54, 1.807) is 12.2 Å². The summed E-state index contributed by atoms with van der Waals surface area (Å²) in [5, 5.41) is 0. The predicted molar refractivity (Wildman–Crippen MR) is 66.2 cm³/mol. The van der Waals surface area contributed by atoms with Crippen LogP contribution in [0.3, 0.4) is 0 Å². The molecule has 1 radical (unpaired) electrons. The smallest absolute Gasteiger partial charge is 1.00 e. The largest absolute Gasteiger partial charge is 4.00 e. The molecule has 0 aliphatic carbocycles. The standard InChI is InChI=1S/2C5H7.C2H7Si.2ClH.Zr/c2*1-3-5-4-2;1-3-2;;;/h2*1,3-5H,2H3;3H,1-2H3;2*1H;/q2*-1;;;;+4/p-2. The first-order valence-corrected chi connectivity index (χ1v) is 6.62. The average Bonchev–Trinajstić information content (AvgIpc) is 2.09. The molecule has 0 aromatic carbocycles. The molecule has 0 amide bonds. The Morgan fingerprint density at radius 2 is 1.00 bits per heavy atom. The minimum absolute atomic E-state index is 0. The molecular weight excluding hydrogens is 334 g/mol. The van der Waals surface area contributed by atoms with Gasteiger partial charge >= 0.3 is 26.2 Å². The zero-order valence-electron chi connectivity index (χ0n) is 10.5. The van der Waals surface area contributed by atoms with Gasteiger partial charge in [-0.05, 0) is 0 Å². The Balaban J connectivity index is -0.0000000220. The molecule has 0 fully saturated rings. The minimum Gasteiger partial charge on any atom is -1.00 e. The van der Waals surface area contributed by atoms with Gasteiger partial charge in [0.1, 0.15) is 0 Å². The molecule has 0 rings (SSSR count). The summed E-state index contributed by atoms with van der Waals surface area (Å²) in [6.45, 7) is 18.1. The van der Waals surface area contributed by atoms with Gasteiger partial charge in [0, 0.05) is 9.52 Å². The molecule has 0 heterocycles. The van der Waals surface area contributed by atoms with E-state index in [1.165, 1.54) is 12.2 Å². The zero-order valence-corrected chi connectivity index (χ0v) is 15.6. The molecule has 0 saturated heterocycles. The monoisotopic (exact) mass is 353 g/mol. The Morgan fingerprint density at radius 1 is 0.812 bits per heavy atom. The topological polar surface area (TPSA) is 0 Å².